The molecule has 6 heteroatoms. The zero-order chi connectivity index (χ0) is 16.4. The number of fused-ring (bicyclic) bond motifs is 3. The summed E-state index contributed by atoms with van der Waals surface area (Å²) in [7, 11) is 0. The van der Waals surface area contributed by atoms with Crippen molar-refractivity contribution in [2.24, 2.45) is 11.8 Å². The van der Waals surface area contributed by atoms with Gasteiger partial charge in [-0.25, -0.2) is 0 Å². The molecule has 0 radical (unpaired) electrons. The van der Waals surface area contributed by atoms with E-state index < -0.39 is 0 Å². The third-order valence-electron chi connectivity index (χ3n) is 5.85. The van der Waals surface area contributed by atoms with Crippen molar-refractivity contribution in [1.29, 1.82) is 0 Å². The van der Waals surface area contributed by atoms with Crippen LogP contribution in [0.5, 0.6) is 0 Å². The van der Waals surface area contributed by atoms with Crippen LogP contribution in [0, 0.1) is 11.8 Å². The number of carbonyl (C=O) groups excluding carboxylic acids is 1. The maximum absolute atomic E-state index is 12.0. The molecule has 0 saturated carbocycles. The van der Waals surface area contributed by atoms with E-state index in [1.807, 2.05) is 0 Å². The monoisotopic (exact) mass is 349 g/mol. The molecule has 5 rings (SSSR count). The fourth-order valence-corrected chi connectivity index (χ4v) is 5.47. The Hall–Kier alpha value is -0.980. The number of amides is 1. The first kappa shape index (κ1) is 16.5. The molecule has 5 nitrogen and oxygen atoms in total. The van der Waals surface area contributed by atoms with Gasteiger partial charge in [0.2, 0.25) is 0 Å². The molecular weight excluding hydrogens is 322 g/mol. The van der Waals surface area contributed by atoms with Crippen molar-refractivity contribution in [2.75, 3.05) is 50.8 Å². The highest BCUT2D eigenvalue weighted by Gasteiger charge is 2.40. The molecule has 5 heterocycles. The van der Waals surface area contributed by atoms with Crippen LogP contribution in [-0.2, 0) is 0 Å². The number of nitrogens with zero attached hydrogens (tertiary/aromatic N) is 2. The van der Waals surface area contributed by atoms with Crippen LogP contribution in [0.25, 0.3) is 0 Å². The van der Waals surface area contributed by atoms with Crippen molar-refractivity contribution in [3.63, 3.8) is 0 Å². The molecule has 0 spiro atoms. The van der Waals surface area contributed by atoms with E-state index in [9.17, 15) is 4.79 Å². The largest absolute Gasteiger partial charge is 0.459 e. The van der Waals surface area contributed by atoms with Gasteiger partial charge < -0.3 is 14.6 Å². The average molecular weight is 350 g/mol. The van der Waals surface area contributed by atoms with Gasteiger partial charge in [-0.15, -0.1) is 0 Å². The van der Waals surface area contributed by atoms with Gasteiger partial charge in [-0.3, -0.25) is 9.69 Å². The Morgan fingerprint density at radius 1 is 1.33 bits per heavy atom. The number of carbonyl (C=O) groups is 1. The lowest BCUT2D eigenvalue weighted by Crippen LogP contribution is -2.58. The lowest BCUT2D eigenvalue weighted by molar-refractivity contribution is -0.0105. The van der Waals surface area contributed by atoms with Crippen molar-refractivity contribution < 1.29 is 9.21 Å². The molecule has 1 unspecified atom stereocenters. The van der Waals surface area contributed by atoms with Gasteiger partial charge in [0.1, 0.15) is 0 Å². The summed E-state index contributed by atoms with van der Waals surface area (Å²) in [5, 5.41) is 3.05. The highest BCUT2D eigenvalue weighted by Crippen LogP contribution is 2.36. The first-order valence-corrected chi connectivity index (χ1v) is 10.3. The standard InChI is InChI=1S/C18H27N3O2S/c22-18(17-2-1-7-23-17)19-11-16-10-14-3-4-21(16)13-15(14)12-20-5-8-24-9-6-20/h1-2,7,14-16H,3-6,8-13H2,(H,19,22)/t14-,15-,16+/m0/s1. The third-order valence-corrected chi connectivity index (χ3v) is 6.80. The Kier molecular flexibility index (Phi) is 5.15. The molecule has 1 aromatic heterocycles. The minimum atomic E-state index is -0.0926. The summed E-state index contributed by atoms with van der Waals surface area (Å²) < 4.78 is 5.17. The first-order chi connectivity index (χ1) is 11.8. The summed E-state index contributed by atoms with van der Waals surface area (Å²) in [5.41, 5.74) is 0. The summed E-state index contributed by atoms with van der Waals surface area (Å²) in [4.78, 5) is 17.3. The molecule has 0 aliphatic carbocycles. The second kappa shape index (κ2) is 7.50. The van der Waals surface area contributed by atoms with E-state index in [-0.39, 0.29) is 5.91 Å². The van der Waals surface area contributed by atoms with Gasteiger partial charge in [0, 0.05) is 50.3 Å². The normalized spacial score (nSPS) is 33.5. The lowest BCUT2D eigenvalue weighted by Gasteiger charge is -2.51. The molecule has 1 amide bonds. The van der Waals surface area contributed by atoms with Gasteiger partial charge in [-0.2, -0.15) is 11.8 Å². The predicted molar refractivity (Wildman–Crippen MR) is 96.4 cm³/mol. The first-order valence-electron chi connectivity index (χ1n) is 9.15. The second-order valence-electron chi connectivity index (χ2n) is 7.29. The highest BCUT2D eigenvalue weighted by atomic mass is 32.2. The van der Waals surface area contributed by atoms with Gasteiger partial charge in [0.25, 0.3) is 5.91 Å². The fraction of sp³-hybridized carbons (Fsp3) is 0.722. The van der Waals surface area contributed by atoms with Crippen LogP contribution < -0.4 is 5.32 Å². The van der Waals surface area contributed by atoms with Gasteiger partial charge in [-0.1, -0.05) is 0 Å². The molecule has 4 aliphatic rings. The van der Waals surface area contributed by atoms with Crippen LogP contribution in [0.15, 0.2) is 22.8 Å². The quantitative estimate of drug-likeness (QED) is 0.878. The number of piperidine rings is 3. The Balaban J connectivity index is 1.27. The minimum Gasteiger partial charge on any atom is -0.459 e. The smallest absolute Gasteiger partial charge is 0.287 e. The SMILES string of the molecule is O=C(NC[C@H]1C[C@@H]2CCN1C[C@@H]2CN1CCSCC1)c1ccco1. The molecule has 24 heavy (non-hydrogen) atoms. The second-order valence-corrected chi connectivity index (χ2v) is 8.52. The van der Waals surface area contributed by atoms with E-state index in [1.165, 1.54) is 57.1 Å². The molecule has 0 aromatic carbocycles. The minimum absolute atomic E-state index is 0.0926. The van der Waals surface area contributed by atoms with Crippen LogP contribution in [0.4, 0.5) is 0 Å². The van der Waals surface area contributed by atoms with E-state index in [0.717, 1.165) is 18.4 Å². The topological polar surface area (TPSA) is 48.7 Å². The van der Waals surface area contributed by atoms with Crippen LogP contribution >= 0.6 is 11.8 Å². The summed E-state index contributed by atoms with van der Waals surface area (Å²) in [5.74, 6) is 4.55. The van der Waals surface area contributed by atoms with E-state index in [0.29, 0.717) is 11.8 Å². The summed E-state index contributed by atoms with van der Waals surface area (Å²) >= 11 is 2.08. The molecule has 4 saturated heterocycles. The molecule has 132 valence electrons. The van der Waals surface area contributed by atoms with Crippen molar-refractivity contribution in [1.82, 2.24) is 15.1 Å². The average Bonchev–Trinajstić information content (AvgIpc) is 3.16. The molecule has 4 fully saturated rings. The number of rotatable bonds is 5. The van der Waals surface area contributed by atoms with Crippen molar-refractivity contribution in [3.8, 4) is 0 Å². The molecular formula is C18H27N3O2S. The van der Waals surface area contributed by atoms with Gasteiger partial charge in [0.15, 0.2) is 5.76 Å². The molecule has 1 N–H and O–H groups in total. The number of thioether (sulfide) groups is 1. The Morgan fingerprint density at radius 2 is 2.21 bits per heavy atom. The van der Waals surface area contributed by atoms with E-state index >= 15 is 0 Å². The van der Waals surface area contributed by atoms with Crippen LogP contribution in [-0.4, -0.2) is 72.5 Å². The van der Waals surface area contributed by atoms with E-state index in [1.54, 1.807) is 18.4 Å². The maximum Gasteiger partial charge on any atom is 0.287 e. The van der Waals surface area contributed by atoms with Gasteiger partial charge in [-0.05, 0) is 43.4 Å². The predicted octanol–water partition coefficient (Wildman–Crippen LogP) is 1.77. The van der Waals surface area contributed by atoms with Gasteiger partial charge >= 0.3 is 0 Å². The number of nitrogens with one attached hydrogen (secondary N) is 1. The lowest BCUT2D eigenvalue weighted by atomic mass is 9.75. The maximum atomic E-state index is 12.0. The molecule has 4 aliphatic heterocycles. The van der Waals surface area contributed by atoms with Crippen LogP contribution in [0.2, 0.25) is 0 Å². The fourth-order valence-electron chi connectivity index (χ4n) is 4.49. The Morgan fingerprint density at radius 3 is 2.92 bits per heavy atom. The van der Waals surface area contributed by atoms with Crippen molar-refractivity contribution in [2.45, 2.75) is 18.9 Å². The highest BCUT2D eigenvalue weighted by molar-refractivity contribution is 7.99. The summed E-state index contributed by atoms with van der Waals surface area (Å²) in [6.07, 6.45) is 4.10. The van der Waals surface area contributed by atoms with E-state index in [4.69, 9.17) is 4.42 Å². The van der Waals surface area contributed by atoms with Crippen molar-refractivity contribution in [3.05, 3.63) is 24.2 Å². The summed E-state index contributed by atoms with van der Waals surface area (Å²) in [6.45, 7) is 6.93. The third kappa shape index (κ3) is 3.65. The van der Waals surface area contributed by atoms with Crippen LogP contribution in [0.1, 0.15) is 23.4 Å². The number of hydrogen-bond donors (Lipinski definition) is 1. The number of furan rings is 1. The zero-order valence-corrected chi connectivity index (χ0v) is 15.0. The van der Waals surface area contributed by atoms with Crippen LogP contribution in [0.3, 0.4) is 0 Å². The number of hydrogen-bond acceptors (Lipinski definition) is 5. The van der Waals surface area contributed by atoms with Gasteiger partial charge in [0.05, 0.1) is 6.26 Å². The van der Waals surface area contributed by atoms with E-state index in [2.05, 4.69) is 26.9 Å². The zero-order valence-electron chi connectivity index (χ0n) is 14.2. The van der Waals surface area contributed by atoms with Crippen molar-refractivity contribution >= 4 is 17.7 Å². The molecule has 4 atom stereocenters. The Bertz CT molecular complexity index is 544. The molecule has 2 bridgehead atoms. The molecule has 1 aromatic rings. The Labute approximate surface area is 148 Å². The summed E-state index contributed by atoms with van der Waals surface area (Å²) in [6, 6.07) is 3.97.